The normalized spacial score (nSPS) is 11.8. The summed E-state index contributed by atoms with van der Waals surface area (Å²) in [5.41, 5.74) is 3.32. The van der Waals surface area contributed by atoms with Gasteiger partial charge in [0.25, 0.3) is 0 Å². The second-order valence-corrected chi connectivity index (χ2v) is 6.89. The molecule has 0 radical (unpaired) electrons. The van der Waals surface area contributed by atoms with Crippen molar-refractivity contribution in [3.63, 3.8) is 0 Å². The maximum absolute atomic E-state index is 11.4. The highest BCUT2D eigenvalue weighted by molar-refractivity contribution is 7.89. The van der Waals surface area contributed by atoms with Crippen LogP contribution in [-0.4, -0.2) is 23.2 Å². The molecule has 1 aromatic carbocycles. The molecular formula is C15H17N5O2S. The predicted octanol–water partition coefficient (Wildman–Crippen LogP) is 1.54. The first kappa shape index (κ1) is 15.4. The Balaban J connectivity index is 1.84. The van der Waals surface area contributed by atoms with Crippen molar-refractivity contribution in [2.45, 2.75) is 18.4 Å². The van der Waals surface area contributed by atoms with E-state index in [2.05, 4.69) is 15.4 Å². The Morgan fingerprint density at radius 3 is 2.78 bits per heavy atom. The van der Waals surface area contributed by atoms with Crippen LogP contribution in [0.4, 0.5) is 5.69 Å². The first-order valence-electron chi connectivity index (χ1n) is 6.99. The van der Waals surface area contributed by atoms with Crippen LogP contribution in [0.1, 0.15) is 11.1 Å². The van der Waals surface area contributed by atoms with Crippen molar-refractivity contribution in [2.75, 3.05) is 5.32 Å². The predicted molar refractivity (Wildman–Crippen MR) is 88.4 cm³/mol. The fourth-order valence-electron chi connectivity index (χ4n) is 2.54. The van der Waals surface area contributed by atoms with E-state index >= 15 is 0 Å². The van der Waals surface area contributed by atoms with Gasteiger partial charge in [0.1, 0.15) is 0 Å². The average Bonchev–Trinajstić information content (AvgIpc) is 2.86. The summed E-state index contributed by atoms with van der Waals surface area (Å²) >= 11 is 0. The molecule has 8 heteroatoms. The van der Waals surface area contributed by atoms with E-state index in [1.807, 2.05) is 19.2 Å². The maximum Gasteiger partial charge on any atom is 0.238 e. The van der Waals surface area contributed by atoms with E-state index in [1.54, 1.807) is 30.1 Å². The number of nitrogens with zero attached hydrogens (tertiary/aromatic N) is 3. The van der Waals surface area contributed by atoms with Gasteiger partial charge in [0, 0.05) is 25.5 Å². The lowest BCUT2D eigenvalue weighted by Gasteiger charge is -2.10. The number of primary sulfonamides is 1. The zero-order valence-corrected chi connectivity index (χ0v) is 13.6. The molecule has 2 heterocycles. The van der Waals surface area contributed by atoms with Gasteiger partial charge in [0.15, 0.2) is 5.65 Å². The van der Waals surface area contributed by atoms with Crippen LogP contribution < -0.4 is 10.5 Å². The number of fused-ring (bicyclic) bond motifs is 1. The monoisotopic (exact) mass is 331 g/mol. The lowest BCUT2D eigenvalue weighted by molar-refractivity contribution is 0.597. The number of benzene rings is 1. The Hall–Kier alpha value is -2.45. The third-order valence-corrected chi connectivity index (χ3v) is 4.74. The van der Waals surface area contributed by atoms with E-state index in [0.717, 1.165) is 22.3 Å². The smallest absolute Gasteiger partial charge is 0.238 e. The fourth-order valence-corrected chi connectivity index (χ4v) is 3.30. The second kappa shape index (κ2) is 5.64. The first-order chi connectivity index (χ1) is 10.9. The standard InChI is InChI=1S/C15H17N5O2S/c1-10-7-11(3-4-14(10)23(16,21)22)8-18-13-5-6-17-15-12(13)9-19-20(15)2/h3-7,9H,8H2,1-2H3,(H,17,18)(H2,16,21,22). The highest BCUT2D eigenvalue weighted by atomic mass is 32.2. The van der Waals surface area contributed by atoms with Crippen LogP contribution in [0.15, 0.2) is 41.6 Å². The van der Waals surface area contributed by atoms with Gasteiger partial charge in [-0.2, -0.15) is 5.10 Å². The number of pyridine rings is 1. The summed E-state index contributed by atoms with van der Waals surface area (Å²) in [7, 11) is -1.84. The molecule has 3 N–H and O–H groups in total. The molecule has 120 valence electrons. The lowest BCUT2D eigenvalue weighted by atomic mass is 10.1. The number of sulfonamides is 1. The van der Waals surface area contributed by atoms with Crippen LogP contribution in [0.25, 0.3) is 11.0 Å². The van der Waals surface area contributed by atoms with Crippen molar-refractivity contribution in [1.29, 1.82) is 0 Å². The molecule has 7 nitrogen and oxygen atoms in total. The summed E-state index contributed by atoms with van der Waals surface area (Å²) in [6, 6.07) is 6.99. The molecule has 0 amide bonds. The molecule has 0 unspecified atom stereocenters. The molecule has 0 aliphatic rings. The maximum atomic E-state index is 11.4. The highest BCUT2D eigenvalue weighted by Crippen LogP contribution is 2.22. The molecule has 2 aromatic heterocycles. The Kier molecular flexibility index (Phi) is 3.78. The molecule has 0 saturated heterocycles. The van der Waals surface area contributed by atoms with Gasteiger partial charge in [-0.3, -0.25) is 4.68 Å². The van der Waals surface area contributed by atoms with Crippen LogP contribution >= 0.6 is 0 Å². The van der Waals surface area contributed by atoms with Crippen molar-refractivity contribution in [2.24, 2.45) is 12.2 Å². The summed E-state index contributed by atoms with van der Waals surface area (Å²) in [6.07, 6.45) is 3.49. The number of nitrogens with two attached hydrogens (primary N) is 1. The summed E-state index contributed by atoms with van der Waals surface area (Å²) in [5.74, 6) is 0. The Morgan fingerprint density at radius 2 is 2.09 bits per heavy atom. The van der Waals surface area contributed by atoms with E-state index < -0.39 is 10.0 Å². The number of hydrogen-bond acceptors (Lipinski definition) is 5. The molecular weight excluding hydrogens is 314 g/mol. The molecule has 0 aliphatic carbocycles. The molecule has 0 atom stereocenters. The van der Waals surface area contributed by atoms with Crippen LogP contribution in [0.5, 0.6) is 0 Å². The first-order valence-corrected chi connectivity index (χ1v) is 8.54. The van der Waals surface area contributed by atoms with Crippen LogP contribution in [0.2, 0.25) is 0 Å². The molecule has 3 aromatic rings. The Labute approximate surface area is 134 Å². The number of rotatable bonds is 4. The second-order valence-electron chi connectivity index (χ2n) is 5.36. The van der Waals surface area contributed by atoms with E-state index in [4.69, 9.17) is 5.14 Å². The van der Waals surface area contributed by atoms with Gasteiger partial charge in [-0.1, -0.05) is 12.1 Å². The number of nitrogens with one attached hydrogen (secondary N) is 1. The van der Waals surface area contributed by atoms with Gasteiger partial charge in [0.05, 0.1) is 16.5 Å². The van der Waals surface area contributed by atoms with Crippen molar-refractivity contribution < 1.29 is 8.42 Å². The quantitative estimate of drug-likeness (QED) is 0.755. The molecule has 0 spiro atoms. The minimum absolute atomic E-state index is 0.153. The van der Waals surface area contributed by atoms with Crippen LogP contribution in [0.3, 0.4) is 0 Å². The van der Waals surface area contributed by atoms with Gasteiger partial charge in [0.2, 0.25) is 10.0 Å². The van der Waals surface area contributed by atoms with Gasteiger partial charge >= 0.3 is 0 Å². The Morgan fingerprint density at radius 1 is 1.30 bits per heavy atom. The number of aromatic nitrogens is 3. The van der Waals surface area contributed by atoms with Gasteiger partial charge in [-0.05, 0) is 30.2 Å². The number of anilines is 1. The van der Waals surface area contributed by atoms with Crippen LogP contribution in [-0.2, 0) is 23.6 Å². The molecule has 0 saturated carbocycles. The summed E-state index contributed by atoms with van der Waals surface area (Å²) in [5, 5.41) is 13.6. The van der Waals surface area contributed by atoms with Gasteiger partial charge in [-0.15, -0.1) is 0 Å². The van der Waals surface area contributed by atoms with Crippen LogP contribution in [0, 0.1) is 6.92 Å². The van der Waals surface area contributed by atoms with E-state index in [1.165, 1.54) is 6.07 Å². The molecule has 0 fully saturated rings. The Bertz CT molecular complexity index is 979. The van der Waals surface area contributed by atoms with Gasteiger partial charge in [-0.25, -0.2) is 18.5 Å². The minimum atomic E-state index is -3.68. The highest BCUT2D eigenvalue weighted by Gasteiger charge is 2.12. The average molecular weight is 331 g/mol. The summed E-state index contributed by atoms with van der Waals surface area (Å²) < 4.78 is 24.6. The van der Waals surface area contributed by atoms with E-state index in [-0.39, 0.29) is 4.90 Å². The van der Waals surface area contributed by atoms with E-state index in [9.17, 15) is 8.42 Å². The largest absolute Gasteiger partial charge is 0.380 e. The minimum Gasteiger partial charge on any atom is -0.380 e. The van der Waals surface area contributed by atoms with Gasteiger partial charge < -0.3 is 5.32 Å². The van der Waals surface area contributed by atoms with Crippen molar-refractivity contribution in [3.05, 3.63) is 47.8 Å². The lowest BCUT2D eigenvalue weighted by Crippen LogP contribution is -2.14. The van der Waals surface area contributed by atoms with Crippen molar-refractivity contribution >= 4 is 26.7 Å². The molecule has 0 bridgehead atoms. The topological polar surface area (TPSA) is 103 Å². The molecule has 23 heavy (non-hydrogen) atoms. The zero-order valence-electron chi connectivity index (χ0n) is 12.8. The SMILES string of the molecule is Cc1cc(CNc2ccnc3c2cnn3C)ccc1S(N)(=O)=O. The number of hydrogen-bond donors (Lipinski definition) is 2. The van der Waals surface area contributed by atoms with Crippen molar-refractivity contribution in [1.82, 2.24) is 14.8 Å². The fraction of sp³-hybridized carbons (Fsp3) is 0.200. The third-order valence-electron chi connectivity index (χ3n) is 3.66. The van der Waals surface area contributed by atoms with Crippen molar-refractivity contribution in [3.8, 4) is 0 Å². The molecule has 0 aliphatic heterocycles. The zero-order chi connectivity index (χ0) is 16.6. The summed E-state index contributed by atoms with van der Waals surface area (Å²) in [6.45, 7) is 2.29. The van der Waals surface area contributed by atoms with E-state index in [0.29, 0.717) is 12.1 Å². The molecule has 3 rings (SSSR count). The number of aryl methyl sites for hydroxylation is 2. The third kappa shape index (κ3) is 3.03. The summed E-state index contributed by atoms with van der Waals surface area (Å²) in [4.78, 5) is 4.44.